The van der Waals surface area contributed by atoms with E-state index < -0.39 is 0 Å². The van der Waals surface area contributed by atoms with E-state index in [4.69, 9.17) is 9.15 Å². The summed E-state index contributed by atoms with van der Waals surface area (Å²) in [6.45, 7) is 3.77. The molecule has 0 aliphatic heterocycles. The van der Waals surface area contributed by atoms with Crippen molar-refractivity contribution in [2.24, 2.45) is 0 Å². The predicted octanol–water partition coefficient (Wildman–Crippen LogP) is 7.91. The van der Waals surface area contributed by atoms with Gasteiger partial charge < -0.3 is 9.15 Å². The van der Waals surface area contributed by atoms with Gasteiger partial charge in [0.2, 0.25) is 0 Å². The second-order valence-corrected chi connectivity index (χ2v) is 10.7. The van der Waals surface area contributed by atoms with Crippen LogP contribution in [0.1, 0.15) is 64.4 Å². The molecule has 5 aromatic rings. The van der Waals surface area contributed by atoms with E-state index in [1.165, 1.54) is 18.5 Å². The molecule has 0 N–H and O–H groups in total. The highest BCUT2D eigenvalue weighted by molar-refractivity contribution is 6.13. The molecule has 0 radical (unpaired) electrons. The fourth-order valence-electron chi connectivity index (χ4n) is 5.60. The number of hydrogen-bond donors (Lipinski definition) is 0. The van der Waals surface area contributed by atoms with Crippen LogP contribution in [-0.2, 0) is 5.41 Å². The molecule has 1 aliphatic rings. The molecule has 2 heterocycles. The summed E-state index contributed by atoms with van der Waals surface area (Å²) < 4.78 is 25.4. The molecule has 0 bridgehead atoms. The van der Waals surface area contributed by atoms with Gasteiger partial charge in [0.05, 0.1) is 18.2 Å². The zero-order valence-electron chi connectivity index (χ0n) is 23.2. The van der Waals surface area contributed by atoms with E-state index in [0.717, 1.165) is 35.1 Å². The first kappa shape index (κ1) is 26.6. The first-order valence-electron chi connectivity index (χ1n) is 13.7. The third kappa shape index (κ3) is 4.82. The average Bonchev–Trinajstić information content (AvgIpc) is 3.68. The van der Waals surface area contributed by atoms with Crippen molar-refractivity contribution in [1.29, 1.82) is 0 Å². The normalized spacial score (nSPS) is 13.8. The summed E-state index contributed by atoms with van der Waals surface area (Å²) in [5, 5.41) is 0.679. The Kier molecular flexibility index (Phi) is 6.73. The third-order valence-corrected chi connectivity index (χ3v) is 8.08. The van der Waals surface area contributed by atoms with Gasteiger partial charge in [-0.05, 0) is 90.6 Å². The largest absolute Gasteiger partial charge is 0.496 e. The van der Waals surface area contributed by atoms with Crippen molar-refractivity contribution in [1.82, 2.24) is 9.97 Å². The highest BCUT2D eigenvalue weighted by Gasteiger charge is 2.46. The van der Waals surface area contributed by atoms with Crippen molar-refractivity contribution in [3.05, 3.63) is 101 Å². The fraction of sp³-hybridized carbons (Fsp3) is 0.235. The molecule has 6 rings (SSSR count). The molecule has 0 unspecified atom stereocenters. The summed E-state index contributed by atoms with van der Waals surface area (Å²) in [6, 6.07) is 15.4. The van der Waals surface area contributed by atoms with E-state index in [2.05, 4.69) is 9.97 Å². The van der Waals surface area contributed by atoms with Crippen LogP contribution in [0.4, 0.5) is 4.39 Å². The lowest BCUT2D eigenvalue weighted by Gasteiger charge is -2.17. The van der Waals surface area contributed by atoms with Crippen LogP contribution < -0.4 is 4.74 Å². The Morgan fingerprint density at radius 1 is 0.976 bits per heavy atom. The van der Waals surface area contributed by atoms with Crippen LogP contribution >= 0.6 is 0 Å². The number of methoxy groups -OCH3 is 1. The molecule has 0 saturated heterocycles. The van der Waals surface area contributed by atoms with Crippen LogP contribution in [0.2, 0.25) is 0 Å². The number of ketones is 2. The Morgan fingerprint density at radius 2 is 1.68 bits per heavy atom. The first-order valence-corrected chi connectivity index (χ1v) is 13.7. The van der Waals surface area contributed by atoms with E-state index in [1.54, 1.807) is 38.6 Å². The summed E-state index contributed by atoms with van der Waals surface area (Å²) in [4.78, 5) is 35.2. The molecule has 2 aromatic heterocycles. The van der Waals surface area contributed by atoms with Gasteiger partial charge in [0, 0.05) is 41.6 Å². The summed E-state index contributed by atoms with van der Waals surface area (Å²) >= 11 is 0. The van der Waals surface area contributed by atoms with Gasteiger partial charge in [-0.3, -0.25) is 9.59 Å². The van der Waals surface area contributed by atoms with Crippen LogP contribution in [0.15, 0.2) is 77.7 Å². The number of benzene rings is 3. The quantitative estimate of drug-likeness (QED) is 0.174. The molecule has 6 nitrogen and oxygen atoms in total. The Labute approximate surface area is 237 Å². The number of aromatic nitrogens is 2. The number of carbonyl (C=O) groups excluding carboxylic acids is 2. The minimum atomic E-state index is -0.361. The molecule has 0 atom stereocenters. The predicted molar refractivity (Wildman–Crippen MR) is 155 cm³/mol. The topological polar surface area (TPSA) is 82.3 Å². The summed E-state index contributed by atoms with van der Waals surface area (Å²) in [5.41, 5.74) is 5.57. The molecule has 0 amide bonds. The second-order valence-electron chi connectivity index (χ2n) is 10.7. The van der Waals surface area contributed by atoms with Crippen LogP contribution in [0.5, 0.6) is 5.75 Å². The van der Waals surface area contributed by atoms with E-state index in [1.807, 2.05) is 37.3 Å². The summed E-state index contributed by atoms with van der Waals surface area (Å²) in [5.74, 6) is 0.518. The van der Waals surface area contributed by atoms with Crippen molar-refractivity contribution >= 4 is 22.5 Å². The van der Waals surface area contributed by atoms with Gasteiger partial charge in [0.1, 0.15) is 29.2 Å². The standard InChI is InChI=1S/C34H29FN2O4/c1-4-28(38)32-27-14-22(7-10-30(27)41-33(32)21-5-8-24(35)9-6-21)25-15-26(31(40-3)13-20(25)2)29(39)16-34(11-12-34)23-17-36-19-37-18-23/h5-10,13-15,17-19H,4,11-12,16H2,1-3H3. The third-order valence-electron chi connectivity index (χ3n) is 8.08. The van der Waals surface area contributed by atoms with Crippen LogP contribution in [0, 0.1) is 12.7 Å². The van der Waals surface area contributed by atoms with Gasteiger partial charge in [0.15, 0.2) is 11.6 Å². The molecule has 1 saturated carbocycles. The van der Waals surface area contributed by atoms with E-state index in [-0.39, 0.29) is 22.8 Å². The number of fused-ring (bicyclic) bond motifs is 1. The highest BCUT2D eigenvalue weighted by Crippen LogP contribution is 2.51. The molecule has 1 aliphatic carbocycles. The summed E-state index contributed by atoms with van der Waals surface area (Å²) in [6.07, 6.45) is 7.54. The lowest BCUT2D eigenvalue weighted by Crippen LogP contribution is -2.15. The number of rotatable bonds is 9. The second kappa shape index (κ2) is 10.4. The number of carbonyl (C=O) groups is 2. The lowest BCUT2D eigenvalue weighted by atomic mass is 9.88. The smallest absolute Gasteiger partial charge is 0.167 e. The maximum atomic E-state index is 13.7. The van der Waals surface area contributed by atoms with Crippen LogP contribution in [0.3, 0.4) is 0 Å². The maximum absolute atomic E-state index is 13.7. The minimum Gasteiger partial charge on any atom is -0.496 e. The Hall–Kier alpha value is -4.65. The molecular weight excluding hydrogens is 519 g/mol. The van der Waals surface area contributed by atoms with Gasteiger partial charge >= 0.3 is 0 Å². The van der Waals surface area contributed by atoms with Crippen molar-refractivity contribution < 1.29 is 23.1 Å². The monoisotopic (exact) mass is 548 g/mol. The van der Waals surface area contributed by atoms with Gasteiger partial charge in [-0.2, -0.15) is 0 Å². The maximum Gasteiger partial charge on any atom is 0.167 e. The molecule has 0 spiro atoms. The molecule has 206 valence electrons. The Morgan fingerprint density at radius 3 is 2.34 bits per heavy atom. The van der Waals surface area contributed by atoms with Crippen molar-refractivity contribution in [2.75, 3.05) is 7.11 Å². The average molecular weight is 549 g/mol. The number of furan rings is 1. The summed E-state index contributed by atoms with van der Waals surface area (Å²) in [7, 11) is 1.57. The highest BCUT2D eigenvalue weighted by atomic mass is 19.1. The molecular formula is C34H29FN2O4. The minimum absolute atomic E-state index is 0.00529. The molecule has 7 heteroatoms. The van der Waals surface area contributed by atoms with Crippen molar-refractivity contribution in [3.8, 4) is 28.2 Å². The van der Waals surface area contributed by atoms with Gasteiger partial charge in [-0.15, -0.1) is 0 Å². The first-order chi connectivity index (χ1) is 19.8. The number of Topliss-reactive ketones (excluding diaryl/α,β-unsaturated/α-hetero) is 2. The zero-order chi connectivity index (χ0) is 28.7. The SMILES string of the molecule is CCC(=O)c1c(-c2ccc(F)cc2)oc2ccc(-c3cc(C(=O)CC4(c5cncnc5)CC4)c(OC)cc3C)cc12. The number of aryl methyl sites for hydroxylation is 1. The van der Waals surface area contributed by atoms with Crippen LogP contribution in [0.25, 0.3) is 33.4 Å². The number of ether oxygens (including phenoxy) is 1. The number of halogens is 1. The van der Waals surface area contributed by atoms with Crippen LogP contribution in [-0.4, -0.2) is 28.6 Å². The van der Waals surface area contributed by atoms with E-state index in [0.29, 0.717) is 52.0 Å². The van der Waals surface area contributed by atoms with Crippen molar-refractivity contribution in [3.63, 3.8) is 0 Å². The van der Waals surface area contributed by atoms with Gasteiger partial charge in [-0.25, -0.2) is 14.4 Å². The number of nitrogens with zero attached hydrogens (tertiary/aromatic N) is 2. The number of hydrogen-bond acceptors (Lipinski definition) is 6. The zero-order valence-corrected chi connectivity index (χ0v) is 23.2. The molecule has 1 fully saturated rings. The van der Waals surface area contributed by atoms with E-state index >= 15 is 0 Å². The fourth-order valence-corrected chi connectivity index (χ4v) is 5.60. The molecule has 41 heavy (non-hydrogen) atoms. The Bertz CT molecular complexity index is 1790. The lowest BCUT2D eigenvalue weighted by molar-refractivity contribution is 0.0964. The van der Waals surface area contributed by atoms with Gasteiger partial charge in [-0.1, -0.05) is 13.0 Å². The Balaban J connectivity index is 1.43. The van der Waals surface area contributed by atoms with Gasteiger partial charge in [0.25, 0.3) is 0 Å². The molecule has 3 aromatic carbocycles. The van der Waals surface area contributed by atoms with E-state index in [9.17, 15) is 14.0 Å². The van der Waals surface area contributed by atoms with Crippen molar-refractivity contribution in [2.45, 2.75) is 44.9 Å².